The number of hydrogen-bond donors (Lipinski definition) is 1. The first-order valence-electron chi connectivity index (χ1n) is 5.70. The van der Waals surface area contributed by atoms with Crippen LogP contribution >= 0.6 is 0 Å². The van der Waals surface area contributed by atoms with Gasteiger partial charge in [0.2, 0.25) is 0 Å². The van der Waals surface area contributed by atoms with Crippen molar-refractivity contribution in [1.29, 1.82) is 0 Å². The van der Waals surface area contributed by atoms with Gasteiger partial charge in [0.25, 0.3) is 0 Å². The second kappa shape index (κ2) is 8.53. The van der Waals surface area contributed by atoms with E-state index in [9.17, 15) is 4.79 Å². The van der Waals surface area contributed by atoms with Gasteiger partial charge in [0.1, 0.15) is 0 Å². The molecule has 0 aliphatic carbocycles. The lowest BCUT2D eigenvalue weighted by atomic mass is 10.3. The van der Waals surface area contributed by atoms with E-state index in [0.29, 0.717) is 6.61 Å². The molecule has 4 nitrogen and oxygen atoms in total. The van der Waals surface area contributed by atoms with E-state index >= 15 is 0 Å². The lowest BCUT2D eigenvalue weighted by molar-refractivity contribution is 0.159. The Morgan fingerprint density at radius 1 is 1.33 bits per heavy atom. The molecule has 0 heterocycles. The van der Waals surface area contributed by atoms with Gasteiger partial charge in [0, 0.05) is 20.2 Å². The highest BCUT2D eigenvalue weighted by Gasteiger charge is 2.13. The Bertz CT molecular complexity index is 168. The van der Waals surface area contributed by atoms with Crippen LogP contribution in [-0.2, 0) is 4.74 Å². The first-order valence-corrected chi connectivity index (χ1v) is 5.70. The highest BCUT2D eigenvalue weighted by Crippen LogP contribution is 1.96. The van der Waals surface area contributed by atoms with Crippen molar-refractivity contribution < 1.29 is 9.53 Å². The molecule has 1 unspecified atom stereocenters. The lowest BCUT2D eigenvalue weighted by Gasteiger charge is -2.24. The van der Waals surface area contributed by atoms with Gasteiger partial charge in [-0.25, -0.2) is 4.79 Å². The highest BCUT2D eigenvalue weighted by atomic mass is 16.5. The SMILES string of the molecule is CCCN(CCC)C(=O)NC(C)COC. The minimum Gasteiger partial charge on any atom is -0.383 e. The van der Waals surface area contributed by atoms with E-state index in [4.69, 9.17) is 4.74 Å². The van der Waals surface area contributed by atoms with Crippen molar-refractivity contribution in [1.82, 2.24) is 10.2 Å². The predicted octanol–water partition coefficient (Wildman–Crippen LogP) is 1.85. The van der Waals surface area contributed by atoms with Crippen molar-refractivity contribution in [2.24, 2.45) is 0 Å². The maximum absolute atomic E-state index is 11.8. The zero-order valence-electron chi connectivity index (χ0n) is 10.4. The maximum atomic E-state index is 11.8. The van der Waals surface area contributed by atoms with Gasteiger partial charge in [0.05, 0.1) is 12.6 Å². The molecule has 1 N–H and O–H groups in total. The second-order valence-corrected chi connectivity index (χ2v) is 3.79. The molecule has 1 atom stereocenters. The number of carbonyl (C=O) groups excluding carboxylic acids is 1. The van der Waals surface area contributed by atoms with Gasteiger partial charge in [-0.1, -0.05) is 13.8 Å². The fourth-order valence-corrected chi connectivity index (χ4v) is 1.45. The molecule has 0 aromatic rings. The van der Waals surface area contributed by atoms with Crippen molar-refractivity contribution in [3.8, 4) is 0 Å². The van der Waals surface area contributed by atoms with Crippen molar-refractivity contribution in [3.63, 3.8) is 0 Å². The summed E-state index contributed by atoms with van der Waals surface area (Å²) < 4.78 is 4.97. The molecule has 15 heavy (non-hydrogen) atoms. The Hall–Kier alpha value is -0.770. The summed E-state index contributed by atoms with van der Waals surface area (Å²) in [7, 11) is 1.64. The summed E-state index contributed by atoms with van der Waals surface area (Å²) in [5.74, 6) is 0. The van der Waals surface area contributed by atoms with Crippen LogP contribution in [0.3, 0.4) is 0 Å². The van der Waals surface area contributed by atoms with Crippen molar-refractivity contribution in [2.45, 2.75) is 39.7 Å². The van der Waals surface area contributed by atoms with Crippen LogP contribution in [0.2, 0.25) is 0 Å². The van der Waals surface area contributed by atoms with E-state index in [0.717, 1.165) is 25.9 Å². The van der Waals surface area contributed by atoms with Gasteiger partial charge in [0.15, 0.2) is 0 Å². The monoisotopic (exact) mass is 216 g/mol. The summed E-state index contributed by atoms with van der Waals surface area (Å²) in [6.07, 6.45) is 1.98. The van der Waals surface area contributed by atoms with Gasteiger partial charge in [-0.2, -0.15) is 0 Å². The molecule has 0 bridgehead atoms. The zero-order chi connectivity index (χ0) is 11.7. The maximum Gasteiger partial charge on any atom is 0.317 e. The average molecular weight is 216 g/mol. The van der Waals surface area contributed by atoms with Crippen LogP contribution in [0.4, 0.5) is 4.79 Å². The predicted molar refractivity (Wildman–Crippen MR) is 62.0 cm³/mol. The average Bonchev–Trinajstić information content (AvgIpc) is 2.17. The smallest absolute Gasteiger partial charge is 0.317 e. The van der Waals surface area contributed by atoms with E-state index in [2.05, 4.69) is 19.2 Å². The first kappa shape index (κ1) is 14.2. The molecule has 0 aromatic heterocycles. The van der Waals surface area contributed by atoms with Crippen LogP contribution < -0.4 is 5.32 Å². The van der Waals surface area contributed by atoms with Crippen LogP contribution in [0.5, 0.6) is 0 Å². The van der Waals surface area contributed by atoms with Gasteiger partial charge in [-0.3, -0.25) is 0 Å². The molecule has 0 rings (SSSR count). The number of methoxy groups -OCH3 is 1. The van der Waals surface area contributed by atoms with Gasteiger partial charge in [-0.15, -0.1) is 0 Å². The van der Waals surface area contributed by atoms with Crippen molar-refractivity contribution in [2.75, 3.05) is 26.8 Å². The number of nitrogens with one attached hydrogen (secondary N) is 1. The normalized spacial score (nSPS) is 12.3. The fourth-order valence-electron chi connectivity index (χ4n) is 1.45. The van der Waals surface area contributed by atoms with E-state index in [1.54, 1.807) is 7.11 Å². The summed E-state index contributed by atoms with van der Waals surface area (Å²) in [6.45, 7) is 8.29. The zero-order valence-corrected chi connectivity index (χ0v) is 10.4. The highest BCUT2D eigenvalue weighted by molar-refractivity contribution is 5.74. The van der Waals surface area contributed by atoms with E-state index in [1.807, 2.05) is 11.8 Å². The number of hydrogen-bond acceptors (Lipinski definition) is 2. The molecule has 0 aliphatic rings. The Morgan fingerprint density at radius 2 is 1.87 bits per heavy atom. The molecule has 0 spiro atoms. The number of carbonyl (C=O) groups is 1. The minimum absolute atomic E-state index is 0.0169. The quantitative estimate of drug-likeness (QED) is 0.705. The molecule has 0 saturated heterocycles. The standard InChI is InChI=1S/C11H24N2O2/c1-5-7-13(8-6-2)11(14)12-10(3)9-15-4/h10H,5-9H2,1-4H3,(H,12,14). The summed E-state index contributed by atoms with van der Waals surface area (Å²) >= 11 is 0. The number of rotatable bonds is 7. The molecule has 0 fully saturated rings. The molecule has 0 aliphatic heterocycles. The Labute approximate surface area is 93.0 Å². The summed E-state index contributed by atoms with van der Waals surface area (Å²) in [5, 5.41) is 2.91. The molecular weight excluding hydrogens is 192 g/mol. The van der Waals surface area contributed by atoms with Gasteiger partial charge < -0.3 is 15.0 Å². The Morgan fingerprint density at radius 3 is 2.27 bits per heavy atom. The van der Waals surface area contributed by atoms with Gasteiger partial charge >= 0.3 is 6.03 Å². The third-order valence-electron chi connectivity index (χ3n) is 2.06. The lowest BCUT2D eigenvalue weighted by Crippen LogP contribution is -2.45. The molecule has 0 aromatic carbocycles. The summed E-state index contributed by atoms with van der Waals surface area (Å²) in [5.41, 5.74) is 0. The van der Waals surface area contributed by atoms with Crippen molar-refractivity contribution >= 4 is 6.03 Å². The molecule has 4 heteroatoms. The van der Waals surface area contributed by atoms with Crippen LogP contribution in [0.1, 0.15) is 33.6 Å². The number of urea groups is 1. The van der Waals surface area contributed by atoms with E-state index in [1.165, 1.54) is 0 Å². The van der Waals surface area contributed by atoms with Crippen molar-refractivity contribution in [3.05, 3.63) is 0 Å². The second-order valence-electron chi connectivity index (χ2n) is 3.79. The van der Waals surface area contributed by atoms with Crippen LogP contribution in [0, 0.1) is 0 Å². The van der Waals surface area contributed by atoms with Crippen LogP contribution in [0.25, 0.3) is 0 Å². The first-order chi connectivity index (χ1) is 7.15. The summed E-state index contributed by atoms with van der Waals surface area (Å²) in [6, 6.07) is 0.0852. The number of ether oxygens (including phenoxy) is 1. The van der Waals surface area contributed by atoms with Gasteiger partial charge in [-0.05, 0) is 19.8 Å². The molecule has 2 amide bonds. The molecule has 90 valence electrons. The third-order valence-corrected chi connectivity index (χ3v) is 2.06. The number of amides is 2. The number of nitrogens with zero attached hydrogens (tertiary/aromatic N) is 1. The Balaban J connectivity index is 4.00. The molecule has 0 saturated carbocycles. The summed E-state index contributed by atoms with van der Waals surface area (Å²) in [4.78, 5) is 13.6. The fraction of sp³-hybridized carbons (Fsp3) is 0.909. The van der Waals surface area contributed by atoms with E-state index in [-0.39, 0.29) is 12.1 Å². The molecular formula is C11H24N2O2. The molecule has 0 radical (unpaired) electrons. The third kappa shape index (κ3) is 6.33. The van der Waals surface area contributed by atoms with Crippen LogP contribution in [-0.4, -0.2) is 43.8 Å². The minimum atomic E-state index is 0.0169. The van der Waals surface area contributed by atoms with E-state index < -0.39 is 0 Å². The van der Waals surface area contributed by atoms with Crippen LogP contribution in [0.15, 0.2) is 0 Å². The Kier molecular flexibility index (Phi) is 8.09. The largest absolute Gasteiger partial charge is 0.383 e. The topological polar surface area (TPSA) is 41.6 Å².